The summed E-state index contributed by atoms with van der Waals surface area (Å²) >= 11 is 0. The van der Waals surface area contributed by atoms with Crippen LogP contribution < -0.4 is 5.32 Å². The van der Waals surface area contributed by atoms with Crippen LogP contribution in [0.25, 0.3) is 0 Å². The second-order valence-electron chi connectivity index (χ2n) is 6.97. The molecule has 0 amide bonds. The maximum Gasteiger partial charge on any atom is 0.0462 e. The van der Waals surface area contributed by atoms with Gasteiger partial charge in [-0.05, 0) is 49.0 Å². The summed E-state index contributed by atoms with van der Waals surface area (Å²) in [4.78, 5) is 0. The van der Waals surface area contributed by atoms with Crippen molar-refractivity contribution in [1.82, 2.24) is 5.32 Å². The van der Waals surface area contributed by atoms with Crippen molar-refractivity contribution in [3.63, 3.8) is 0 Å². The summed E-state index contributed by atoms with van der Waals surface area (Å²) in [6, 6.07) is 0.687. The Morgan fingerprint density at radius 3 is 2.17 bits per heavy atom. The van der Waals surface area contributed by atoms with E-state index in [-0.39, 0.29) is 0 Å². The molecule has 1 aliphatic carbocycles. The molecule has 1 fully saturated rings. The van der Waals surface area contributed by atoms with Gasteiger partial charge in [0.1, 0.15) is 0 Å². The first kappa shape index (κ1) is 16.0. The van der Waals surface area contributed by atoms with Crippen LogP contribution in [-0.4, -0.2) is 26.3 Å². The van der Waals surface area contributed by atoms with Gasteiger partial charge in [0.25, 0.3) is 0 Å². The Kier molecular flexibility index (Phi) is 5.67. The number of hydrogen-bond donors (Lipinski definition) is 1. The summed E-state index contributed by atoms with van der Waals surface area (Å²) in [5.41, 5.74) is 0.972. The number of hydrogen-bond acceptors (Lipinski definition) is 2. The van der Waals surface area contributed by atoms with Crippen LogP contribution in [0.1, 0.15) is 60.3 Å². The first-order valence-corrected chi connectivity index (χ1v) is 7.62. The molecule has 0 radical (unpaired) electrons. The van der Waals surface area contributed by atoms with Crippen molar-refractivity contribution >= 4 is 0 Å². The summed E-state index contributed by atoms with van der Waals surface area (Å²) in [6.45, 7) is 14.0. The molecule has 2 heteroatoms. The van der Waals surface area contributed by atoms with Gasteiger partial charge in [0.05, 0.1) is 0 Å². The monoisotopic (exact) mass is 255 g/mol. The molecule has 0 bridgehead atoms. The minimum absolute atomic E-state index is 0.486. The van der Waals surface area contributed by atoms with E-state index in [1.807, 2.05) is 0 Å². The van der Waals surface area contributed by atoms with Crippen LogP contribution >= 0.6 is 0 Å². The molecule has 1 rings (SSSR count). The number of methoxy groups -OCH3 is 1. The summed E-state index contributed by atoms with van der Waals surface area (Å²) in [5, 5.41) is 3.78. The lowest BCUT2D eigenvalue weighted by Gasteiger charge is -2.21. The Morgan fingerprint density at radius 2 is 1.72 bits per heavy atom. The first-order valence-electron chi connectivity index (χ1n) is 7.62. The number of rotatable bonds is 9. The van der Waals surface area contributed by atoms with E-state index in [4.69, 9.17) is 4.74 Å². The predicted octanol–water partition coefficient (Wildman–Crippen LogP) is 3.85. The molecule has 0 aliphatic heterocycles. The fourth-order valence-corrected chi connectivity index (χ4v) is 3.58. The van der Waals surface area contributed by atoms with Crippen LogP contribution in [-0.2, 0) is 4.74 Å². The molecule has 108 valence electrons. The Balaban J connectivity index is 2.47. The van der Waals surface area contributed by atoms with Gasteiger partial charge in [-0.3, -0.25) is 0 Å². The quantitative estimate of drug-likeness (QED) is 0.632. The second kappa shape index (κ2) is 6.38. The Morgan fingerprint density at radius 1 is 1.11 bits per heavy atom. The van der Waals surface area contributed by atoms with Crippen LogP contribution in [0.4, 0.5) is 0 Å². The highest BCUT2D eigenvalue weighted by Crippen LogP contribution is 2.70. The van der Waals surface area contributed by atoms with E-state index in [1.165, 1.54) is 25.7 Å². The summed E-state index contributed by atoms with van der Waals surface area (Å²) in [6.07, 6.45) is 4.98. The van der Waals surface area contributed by atoms with Gasteiger partial charge in [0, 0.05) is 19.8 Å². The lowest BCUT2D eigenvalue weighted by molar-refractivity contribution is 0.189. The highest BCUT2D eigenvalue weighted by Gasteiger charge is 2.66. The van der Waals surface area contributed by atoms with Crippen molar-refractivity contribution in [3.8, 4) is 0 Å². The van der Waals surface area contributed by atoms with Crippen molar-refractivity contribution in [3.05, 3.63) is 0 Å². The number of nitrogens with one attached hydrogen (secondary N) is 1. The van der Waals surface area contributed by atoms with E-state index >= 15 is 0 Å². The van der Waals surface area contributed by atoms with E-state index < -0.39 is 0 Å². The van der Waals surface area contributed by atoms with Crippen LogP contribution in [0.15, 0.2) is 0 Å². The fraction of sp³-hybridized carbons (Fsp3) is 1.00. The average molecular weight is 255 g/mol. The standard InChI is InChI=1S/C16H33NO/c1-7-11-17-13(10-8-9-12-18-6)14-15(2,3)16(14,4)5/h13-14,17H,7-12H2,1-6H3. The normalized spacial score (nSPS) is 23.0. The first-order chi connectivity index (χ1) is 8.39. The Hall–Kier alpha value is -0.0800. The zero-order valence-electron chi connectivity index (χ0n) is 13.3. The Labute approximate surface area is 114 Å². The number of ether oxygens (including phenoxy) is 1. The fourth-order valence-electron chi connectivity index (χ4n) is 3.58. The highest BCUT2D eigenvalue weighted by molar-refractivity contribution is 5.16. The molecule has 2 nitrogen and oxygen atoms in total. The molecule has 0 aromatic carbocycles. The number of unbranched alkanes of at least 4 members (excludes halogenated alkanes) is 1. The van der Waals surface area contributed by atoms with Gasteiger partial charge in [0.15, 0.2) is 0 Å². The largest absolute Gasteiger partial charge is 0.385 e. The minimum Gasteiger partial charge on any atom is -0.385 e. The molecule has 0 heterocycles. The zero-order valence-corrected chi connectivity index (χ0v) is 13.3. The van der Waals surface area contributed by atoms with Crippen molar-refractivity contribution < 1.29 is 4.74 Å². The van der Waals surface area contributed by atoms with Gasteiger partial charge >= 0.3 is 0 Å². The lowest BCUT2D eigenvalue weighted by Crippen LogP contribution is -2.34. The van der Waals surface area contributed by atoms with Crippen molar-refractivity contribution in [2.24, 2.45) is 16.7 Å². The smallest absolute Gasteiger partial charge is 0.0462 e. The molecule has 1 aliphatic rings. The van der Waals surface area contributed by atoms with Crippen molar-refractivity contribution in [1.29, 1.82) is 0 Å². The molecule has 1 atom stereocenters. The van der Waals surface area contributed by atoms with Gasteiger partial charge < -0.3 is 10.1 Å². The maximum absolute atomic E-state index is 5.14. The van der Waals surface area contributed by atoms with Gasteiger partial charge in [-0.2, -0.15) is 0 Å². The molecule has 18 heavy (non-hydrogen) atoms. The van der Waals surface area contributed by atoms with Crippen LogP contribution in [0.3, 0.4) is 0 Å². The molecule has 0 aromatic rings. The van der Waals surface area contributed by atoms with E-state index in [0.29, 0.717) is 16.9 Å². The van der Waals surface area contributed by atoms with Gasteiger partial charge in [-0.25, -0.2) is 0 Å². The molecule has 0 aromatic heterocycles. The molecular formula is C16H33NO. The van der Waals surface area contributed by atoms with Crippen molar-refractivity contribution in [2.75, 3.05) is 20.3 Å². The van der Waals surface area contributed by atoms with Crippen LogP contribution in [0.5, 0.6) is 0 Å². The van der Waals surface area contributed by atoms with Gasteiger partial charge in [-0.1, -0.05) is 34.6 Å². The van der Waals surface area contributed by atoms with Gasteiger partial charge in [0.2, 0.25) is 0 Å². The van der Waals surface area contributed by atoms with Crippen molar-refractivity contribution in [2.45, 2.75) is 66.3 Å². The molecule has 1 unspecified atom stereocenters. The molecular weight excluding hydrogens is 222 g/mol. The van der Waals surface area contributed by atoms with E-state index in [2.05, 4.69) is 39.9 Å². The van der Waals surface area contributed by atoms with Crippen LogP contribution in [0.2, 0.25) is 0 Å². The third kappa shape index (κ3) is 3.27. The lowest BCUT2D eigenvalue weighted by atomic mass is 9.98. The molecule has 1 saturated carbocycles. The predicted molar refractivity (Wildman–Crippen MR) is 78.9 cm³/mol. The zero-order chi connectivity index (χ0) is 13.8. The summed E-state index contributed by atoms with van der Waals surface area (Å²) in [7, 11) is 1.79. The maximum atomic E-state index is 5.14. The average Bonchev–Trinajstić information content (AvgIpc) is 2.70. The molecule has 0 spiro atoms. The topological polar surface area (TPSA) is 21.3 Å². The van der Waals surface area contributed by atoms with E-state index in [0.717, 1.165) is 19.1 Å². The summed E-state index contributed by atoms with van der Waals surface area (Å²) < 4.78 is 5.14. The third-order valence-corrected chi connectivity index (χ3v) is 5.30. The van der Waals surface area contributed by atoms with Crippen LogP contribution in [0, 0.1) is 16.7 Å². The van der Waals surface area contributed by atoms with Gasteiger partial charge in [-0.15, -0.1) is 0 Å². The summed E-state index contributed by atoms with van der Waals surface area (Å²) in [5.74, 6) is 0.819. The minimum atomic E-state index is 0.486. The van der Waals surface area contributed by atoms with E-state index in [9.17, 15) is 0 Å². The van der Waals surface area contributed by atoms with E-state index in [1.54, 1.807) is 7.11 Å². The SMILES string of the molecule is CCCNC(CCCCOC)C1C(C)(C)C1(C)C. The third-order valence-electron chi connectivity index (χ3n) is 5.30. The molecule has 1 N–H and O–H groups in total. The Bertz CT molecular complexity index is 233. The molecule has 0 saturated heterocycles. The second-order valence-corrected chi connectivity index (χ2v) is 6.97. The highest BCUT2D eigenvalue weighted by atomic mass is 16.5.